The van der Waals surface area contributed by atoms with Crippen LogP contribution in [0, 0.1) is 0 Å². The predicted octanol–water partition coefficient (Wildman–Crippen LogP) is 1.12. The molecule has 0 aromatic heterocycles. The van der Waals surface area contributed by atoms with Gasteiger partial charge in [0.2, 0.25) is 0 Å². The van der Waals surface area contributed by atoms with Crippen LogP contribution in [0.5, 0.6) is 5.75 Å². The van der Waals surface area contributed by atoms with E-state index in [1.54, 1.807) is 0 Å². The smallest absolute Gasteiger partial charge is 0.168 e. The SMILES string of the molecule is O=CC1Cc2ccccc2OO1. The third kappa shape index (κ3) is 1.19. The molecule has 0 N–H and O–H groups in total. The minimum atomic E-state index is -0.458. The molecule has 1 aliphatic heterocycles. The van der Waals surface area contributed by atoms with Crippen LogP contribution in [-0.4, -0.2) is 12.4 Å². The van der Waals surface area contributed by atoms with Crippen molar-refractivity contribution >= 4 is 6.29 Å². The second kappa shape index (κ2) is 2.95. The van der Waals surface area contributed by atoms with Gasteiger partial charge in [-0.2, -0.15) is 4.89 Å². The molecule has 0 spiro atoms. The van der Waals surface area contributed by atoms with Crippen molar-refractivity contribution in [3.05, 3.63) is 29.8 Å². The number of hydrogen-bond donors (Lipinski definition) is 0. The zero-order valence-electron chi connectivity index (χ0n) is 6.40. The van der Waals surface area contributed by atoms with Gasteiger partial charge in [-0.1, -0.05) is 18.2 Å². The number of para-hydroxylation sites is 1. The van der Waals surface area contributed by atoms with Crippen molar-refractivity contribution in [2.45, 2.75) is 12.5 Å². The van der Waals surface area contributed by atoms with Crippen molar-refractivity contribution in [1.82, 2.24) is 0 Å². The van der Waals surface area contributed by atoms with E-state index in [-0.39, 0.29) is 0 Å². The van der Waals surface area contributed by atoms with Crippen molar-refractivity contribution in [1.29, 1.82) is 0 Å². The average Bonchev–Trinajstić information content (AvgIpc) is 2.17. The molecule has 2 rings (SSSR count). The first kappa shape index (κ1) is 7.31. The summed E-state index contributed by atoms with van der Waals surface area (Å²) in [6, 6.07) is 7.52. The van der Waals surface area contributed by atoms with Crippen LogP contribution in [-0.2, 0) is 16.1 Å². The fraction of sp³-hybridized carbons (Fsp3) is 0.222. The Morgan fingerprint density at radius 3 is 3.08 bits per heavy atom. The second-order valence-electron chi connectivity index (χ2n) is 2.67. The largest absolute Gasteiger partial charge is 0.337 e. The molecular formula is C9H8O3. The predicted molar refractivity (Wildman–Crippen MR) is 41.7 cm³/mol. The van der Waals surface area contributed by atoms with Gasteiger partial charge in [0.25, 0.3) is 0 Å². The summed E-state index contributed by atoms with van der Waals surface area (Å²) >= 11 is 0. The number of benzene rings is 1. The van der Waals surface area contributed by atoms with Gasteiger partial charge < -0.3 is 9.68 Å². The number of carbonyl (C=O) groups excluding carboxylic acids is 1. The Kier molecular flexibility index (Phi) is 1.80. The molecule has 0 fully saturated rings. The Bertz CT molecular complexity index is 296. The second-order valence-corrected chi connectivity index (χ2v) is 2.67. The lowest BCUT2D eigenvalue weighted by molar-refractivity contribution is -0.244. The molecule has 1 aromatic carbocycles. The molecule has 1 atom stereocenters. The maximum absolute atomic E-state index is 10.4. The highest BCUT2D eigenvalue weighted by molar-refractivity contribution is 5.58. The first-order valence-corrected chi connectivity index (χ1v) is 3.76. The standard InChI is InChI=1S/C9H8O3/c10-6-8-5-7-3-1-2-4-9(7)12-11-8/h1-4,6,8H,5H2. The summed E-state index contributed by atoms with van der Waals surface area (Å²) < 4.78 is 0. The summed E-state index contributed by atoms with van der Waals surface area (Å²) in [6.07, 6.45) is 0.884. The Morgan fingerprint density at radius 1 is 1.42 bits per heavy atom. The number of carbonyl (C=O) groups is 1. The van der Waals surface area contributed by atoms with E-state index in [0.29, 0.717) is 12.2 Å². The minimum absolute atomic E-state index is 0.458. The molecule has 1 aliphatic rings. The van der Waals surface area contributed by atoms with Crippen molar-refractivity contribution < 1.29 is 14.6 Å². The first-order chi connectivity index (χ1) is 5.90. The zero-order chi connectivity index (χ0) is 8.39. The summed E-state index contributed by atoms with van der Waals surface area (Å²) in [5.74, 6) is 0.704. The van der Waals surface area contributed by atoms with E-state index in [1.165, 1.54) is 0 Å². The lowest BCUT2D eigenvalue weighted by Gasteiger charge is -2.19. The van der Waals surface area contributed by atoms with Gasteiger partial charge in [-0.3, -0.25) is 0 Å². The van der Waals surface area contributed by atoms with E-state index in [0.717, 1.165) is 11.8 Å². The topological polar surface area (TPSA) is 35.5 Å². The van der Waals surface area contributed by atoms with Gasteiger partial charge in [0.1, 0.15) is 0 Å². The number of rotatable bonds is 1. The average molecular weight is 164 g/mol. The van der Waals surface area contributed by atoms with Crippen molar-refractivity contribution in [3.8, 4) is 5.75 Å². The molecule has 0 bridgehead atoms. The highest BCUT2D eigenvalue weighted by atomic mass is 17.2. The van der Waals surface area contributed by atoms with E-state index in [9.17, 15) is 4.79 Å². The molecule has 0 saturated carbocycles. The summed E-state index contributed by atoms with van der Waals surface area (Å²) in [6.45, 7) is 0. The molecule has 0 aliphatic carbocycles. The monoisotopic (exact) mass is 164 g/mol. The van der Waals surface area contributed by atoms with Crippen LogP contribution in [0.25, 0.3) is 0 Å². The van der Waals surface area contributed by atoms with Crippen molar-refractivity contribution in [2.75, 3.05) is 0 Å². The van der Waals surface area contributed by atoms with Crippen LogP contribution in [0.15, 0.2) is 24.3 Å². The molecule has 12 heavy (non-hydrogen) atoms. The van der Waals surface area contributed by atoms with Gasteiger partial charge >= 0.3 is 0 Å². The number of hydrogen-bond acceptors (Lipinski definition) is 3. The van der Waals surface area contributed by atoms with Crippen LogP contribution in [0.3, 0.4) is 0 Å². The highest BCUT2D eigenvalue weighted by Crippen LogP contribution is 2.24. The molecule has 1 unspecified atom stereocenters. The fourth-order valence-electron chi connectivity index (χ4n) is 1.19. The Morgan fingerprint density at radius 2 is 2.25 bits per heavy atom. The summed E-state index contributed by atoms with van der Waals surface area (Å²) in [4.78, 5) is 20.0. The normalized spacial score (nSPS) is 20.8. The van der Waals surface area contributed by atoms with Crippen LogP contribution >= 0.6 is 0 Å². The van der Waals surface area contributed by atoms with Crippen LogP contribution in [0.4, 0.5) is 0 Å². The molecule has 1 aromatic rings. The Labute approximate surface area is 69.8 Å². The summed E-state index contributed by atoms with van der Waals surface area (Å²) in [7, 11) is 0. The maximum Gasteiger partial charge on any atom is 0.168 e. The summed E-state index contributed by atoms with van der Waals surface area (Å²) in [5, 5.41) is 0. The van der Waals surface area contributed by atoms with Gasteiger partial charge in [-0.05, 0) is 6.07 Å². The molecule has 1 heterocycles. The molecule has 0 amide bonds. The molecule has 3 heteroatoms. The van der Waals surface area contributed by atoms with Crippen LogP contribution in [0.2, 0.25) is 0 Å². The van der Waals surface area contributed by atoms with Crippen LogP contribution in [0.1, 0.15) is 5.56 Å². The quantitative estimate of drug-likeness (QED) is 0.461. The van der Waals surface area contributed by atoms with Gasteiger partial charge in [0, 0.05) is 12.0 Å². The fourth-order valence-corrected chi connectivity index (χ4v) is 1.19. The van der Waals surface area contributed by atoms with Crippen molar-refractivity contribution in [3.63, 3.8) is 0 Å². The molecular weight excluding hydrogens is 156 g/mol. The zero-order valence-corrected chi connectivity index (χ0v) is 6.40. The van der Waals surface area contributed by atoms with Crippen LogP contribution < -0.4 is 4.89 Å². The van der Waals surface area contributed by atoms with Gasteiger partial charge in [0.15, 0.2) is 18.1 Å². The number of fused-ring (bicyclic) bond motifs is 1. The van der Waals surface area contributed by atoms with E-state index < -0.39 is 6.10 Å². The molecule has 0 saturated heterocycles. The van der Waals surface area contributed by atoms with E-state index in [4.69, 9.17) is 9.78 Å². The van der Waals surface area contributed by atoms with Gasteiger partial charge in [-0.25, -0.2) is 0 Å². The third-order valence-electron chi connectivity index (χ3n) is 1.81. The van der Waals surface area contributed by atoms with Gasteiger partial charge in [0.05, 0.1) is 0 Å². The lowest BCUT2D eigenvalue weighted by atomic mass is 10.1. The minimum Gasteiger partial charge on any atom is -0.337 e. The van der Waals surface area contributed by atoms with E-state index >= 15 is 0 Å². The molecule has 3 nitrogen and oxygen atoms in total. The maximum atomic E-state index is 10.4. The Balaban J connectivity index is 2.28. The highest BCUT2D eigenvalue weighted by Gasteiger charge is 2.19. The number of aldehydes is 1. The molecule has 62 valence electrons. The lowest BCUT2D eigenvalue weighted by Crippen LogP contribution is -2.24. The summed E-state index contributed by atoms with van der Waals surface area (Å²) in [5.41, 5.74) is 1.01. The molecule has 0 radical (unpaired) electrons. The first-order valence-electron chi connectivity index (χ1n) is 3.76. The Hall–Kier alpha value is -1.35. The van der Waals surface area contributed by atoms with E-state index in [2.05, 4.69) is 0 Å². The third-order valence-corrected chi connectivity index (χ3v) is 1.81. The van der Waals surface area contributed by atoms with Crippen molar-refractivity contribution in [2.24, 2.45) is 0 Å². The van der Waals surface area contributed by atoms with E-state index in [1.807, 2.05) is 24.3 Å². The van der Waals surface area contributed by atoms with Gasteiger partial charge in [-0.15, -0.1) is 0 Å².